The van der Waals surface area contributed by atoms with Gasteiger partial charge in [0.25, 0.3) is 0 Å². The Balaban J connectivity index is 3.05. The Labute approximate surface area is 99.4 Å². The minimum absolute atomic E-state index is 0.0667. The van der Waals surface area contributed by atoms with Crippen LogP contribution in [0.3, 0.4) is 0 Å². The van der Waals surface area contributed by atoms with Crippen LogP contribution in [0.25, 0.3) is 10.8 Å². The summed E-state index contributed by atoms with van der Waals surface area (Å²) in [6, 6.07) is 0. The highest BCUT2D eigenvalue weighted by Gasteiger charge is 2.20. The molecule has 0 bridgehead atoms. The SMILES string of the molecule is COc1c(F)c(F)c(Br)c2cncc(C)c12. The minimum atomic E-state index is -0.990. The number of halogens is 3. The van der Waals surface area contributed by atoms with Crippen molar-refractivity contribution in [1.82, 2.24) is 4.98 Å². The van der Waals surface area contributed by atoms with Crippen molar-refractivity contribution >= 4 is 26.7 Å². The third kappa shape index (κ3) is 1.46. The average molecular weight is 288 g/mol. The van der Waals surface area contributed by atoms with Crippen LogP contribution in [-0.4, -0.2) is 12.1 Å². The van der Waals surface area contributed by atoms with Crippen LogP contribution >= 0.6 is 15.9 Å². The lowest BCUT2D eigenvalue weighted by Gasteiger charge is -2.11. The summed E-state index contributed by atoms with van der Waals surface area (Å²) in [4.78, 5) is 3.94. The van der Waals surface area contributed by atoms with Crippen LogP contribution in [0.4, 0.5) is 8.78 Å². The van der Waals surface area contributed by atoms with Gasteiger partial charge in [-0.2, -0.15) is 4.39 Å². The molecule has 5 heteroatoms. The van der Waals surface area contributed by atoms with Crippen molar-refractivity contribution < 1.29 is 13.5 Å². The zero-order valence-electron chi connectivity index (χ0n) is 8.64. The van der Waals surface area contributed by atoms with E-state index in [-0.39, 0.29) is 10.2 Å². The predicted octanol–water partition coefficient (Wildman–Crippen LogP) is 3.59. The maximum absolute atomic E-state index is 13.6. The topological polar surface area (TPSA) is 22.1 Å². The molecule has 2 aromatic rings. The molecule has 0 saturated heterocycles. The molecule has 16 heavy (non-hydrogen) atoms. The number of nitrogens with zero attached hydrogens (tertiary/aromatic N) is 1. The number of methoxy groups -OCH3 is 1. The summed E-state index contributed by atoms with van der Waals surface area (Å²) in [5, 5.41) is 1.03. The number of rotatable bonds is 1. The molecule has 1 heterocycles. The average Bonchev–Trinajstić information content (AvgIpc) is 2.28. The molecular weight excluding hydrogens is 280 g/mol. The maximum atomic E-state index is 13.6. The zero-order chi connectivity index (χ0) is 11.9. The summed E-state index contributed by atoms with van der Waals surface area (Å²) in [7, 11) is 1.31. The standard InChI is InChI=1S/C11H8BrF2NO/c1-5-3-15-4-6-7(5)11(16-2)10(14)9(13)8(6)12/h3-4H,1-2H3. The van der Waals surface area contributed by atoms with Gasteiger partial charge in [-0.3, -0.25) is 4.98 Å². The highest BCUT2D eigenvalue weighted by atomic mass is 79.9. The van der Waals surface area contributed by atoms with Crippen molar-refractivity contribution in [2.45, 2.75) is 6.92 Å². The third-order valence-electron chi connectivity index (χ3n) is 2.39. The molecule has 2 rings (SSSR count). The summed E-state index contributed by atoms with van der Waals surface area (Å²) in [5.74, 6) is -2.04. The van der Waals surface area contributed by atoms with Gasteiger partial charge in [0.05, 0.1) is 11.6 Å². The number of aromatic nitrogens is 1. The van der Waals surface area contributed by atoms with E-state index in [0.717, 1.165) is 5.56 Å². The van der Waals surface area contributed by atoms with Crippen molar-refractivity contribution in [3.8, 4) is 5.75 Å². The van der Waals surface area contributed by atoms with Gasteiger partial charge in [0.15, 0.2) is 11.6 Å². The summed E-state index contributed by atoms with van der Waals surface area (Å²) in [5.41, 5.74) is 0.731. The number of pyridine rings is 1. The van der Waals surface area contributed by atoms with Crippen LogP contribution in [0.1, 0.15) is 5.56 Å². The van der Waals surface area contributed by atoms with E-state index in [1.54, 1.807) is 13.1 Å². The van der Waals surface area contributed by atoms with Crippen LogP contribution in [0.15, 0.2) is 16.9 Å². The van der Waals surface area contributed by atoms with Gasteiger partial charge in [-0.1, -0.05) is 0 Å². The summed E-state index contributed by atoms with van der Waals surface area (Å²) in [6.07, 6.45) is 3.05. The lowest BCUT2D eigenvalue weighted by atomic mass is 10.1. The Morgan fingerprint density at radius 1 is 1.25 bits per heavy atom. The molecule has 1 aromatic carbocycles. The van der Waals surface area contributed by atoms with Gasteiger partial charge >= 0.3 is 0 Å². The normalized spacial score (nSPS) is 10.8. The Bertz CT molecular complexity index is 572. The summed E-state index contributed by atoms with van der Waals surface area (Å²) >= 11 is 3.02. The van der Waals surface area contributed by atoms with Crippen molar-refractivity contribution in [1.29, 1.82) is 0 Å². The second kappa shape index (κ2) is 3.97. The highest BCUT2D eigenvalue weighted by molar-refractivity contribution is 9.10. The number of fused-ring (bicyclic) bond motifs is 1. The smallest absolute Gasteiger partial charge is 0.202 e. The minimum Gasteiger partial charge on any atom is -0.493 e. The Morgan fingerprint density at radius 3 is 2.56 bits per heavy atom. The summed E-state index contributed by atoms with van der Waals surface area (Å²) < 4.78 is 32.1. The quantitative estimate of drug-likeness (QED) is 0.748. The fraction of sp³-hybridized carbons (Fsp3) is 0.182. The molecule has 84 valence electrons. The van der Waals surface area contributed by atoms with Crippen molar-refractivity contribution in [2.24, 2.45) is 0 Å². The third-order valence-corrected chi connectivity index (χ3v) is 3.16. The van der Waals surface area contributed by atoms with Crippen LogP contribution in [0, 0.1) is 18.6 Å². The molecule has 2 nitrogen and oxygen atoms in total. The summed E-state index contributed by atoms with van der Waals surface area (Å²) in [6.45, 7) is 1.77. The Morgan fingerprint density at radius 2 is 1.94 bits per heavy atom. The second-order valence-corrected chi connectivity index (χ2v) is 4.15. The van der Waals surface area contributed by atoms with E-state index < -0.39 is 11.6 Å². The molecular formula is C11H8BrF2NO. The van der Waals surface area contributed by atoms with Crippen molar-refractivity contribution in [2.75, 3.05) is 7.11 Å². The van der Waals surface area contributed by atoms with Gasteiger partial charge in [-0.15, -0.1) is 0 Å². The number of hydrogen-bond acceptors (Lipinski definition) is 2. The number of hydrogen-bond donors (Lipinski definition) is 0. The first kappa shape index (κ1) is 11.3. The van der Waals surface area contributed by atoms with Gasteiger partial charge in [-0.05, 0) is 28.4 Å². The first-order chi connectivity index (χ1) is 7.57. The second-order valence-electron chi connectivity index (χ2n) is 3.35. The van der Waals surface area contributed by atoms with Crippen LogP contribution in [-0.2, 0) is 0 Å². The molecule has 1 aromatic heterocycles. The van der Waals surface area contributed by atoms with Crippen molar-refractivity contribution in [3.63, 3.8) is 0 Å². The number of aryl methyl sites for hydroxylation is 1. The van der Waals surface area contributed by atoms with Gasteiger partial charge in [0.2, 0.25) is 5.82 Å². The van der Waals surface area contributed by atoms with E-state index in [1.165, 1.54) is 13.3 Å². The van der Waals surface area contributed by atoms with E-state index >= 15 is 0 Å². The molecule has 0 N–H and O–H groups in total. The molecule has 0 aliphatic carbocycles. The Kier molecular flexibility index (Phi) is 2.80. The van der Waals surface area contributed by atoms with E-state index in [0.29, 0.717) is 10.8 Å². The first-order valence-corrected chi connectivity index (χ1v) is 5.32. The van der Waals surface area contributed by atoms with E-state index in [4.69, 9.17) is 4.74 Å². The van der Waals surface area contributed by atoms with Crippen LogP contribution < -0.4 is 4.74 Å². The first-order valence-electron chi connectivity index (χ1n) is 4.52. The number of ether oxygens (including phenoxy) is 1. The van der Waals surface area contributed by atoms with Gasteiger partial charge in [-0.25, -0.2) is 4.39 Å². The van der Waals surface area contributed by atoms with E-state index in [1.807, 2.05) is 0 Å². The lowest BCUT2D eigenvalue weighted by Crippen LogP contribution is -1.97. The largest absolute Gasteiger partial charge is 0.493 e. The molecule has 0 aliphatic heterocycles. The molecule has 0 aliphatic rings. The molecule has 0 saturated carbocycles. The highest BCUT2D eigenvalue weighted by Crippen LogP contribution is 2.38. The zero-order valence-corrected chi connectivity index (χ0v) is 10.2. The maximum Gasteiger partial charge on any atom is 0.202 e. The molecule has 0 unspecified atom stereocenters. The van der Waals surface area contributed by atoms with Crippen LogP contribution in [0.5, 0.6) is 5.75 Å². The molecule has 0 atom stereocenters. The monoisotopic (exact) mass is 287 g/mol. The molecule has 0 radical (unpaired) electrons. The van der Waals surface area contributed by atoms with Crippen LogP contribution in [0.2, 0.25) is 0 Å². The fourth-order valence-corrected chi connectivity index (χ4v) is 2.12. The molecule has 0 fully saturated rings. The molecule has 0 amide bonds. The number of benzene rings is 1. The lowest BCUT2D eigenvalue weighted by molar-refractivity contribution is 0.376. The predicted molar refractivity (Wildman–Crippen MR) is 60.6 cm³/mol. The Hall–Kier alpha value is -1.23. The van der Waals surface area contributed by atoms with Crippen molar-refractivity contribution in [3.05, 3.63) is 34.1 Å². The fourth-order valence-electron chi connectivity index (χ4n) is 1.65. The van der Waals surface area contributed by atoms with E-state index in [9.17, 15) is 8.78 Å². The van der Waals surface area contributed by atoms with Gasteiger partial charge in [0, 0.05) is 23.2 Å². The van der Waals surface area contributed by atoms with Gasteiger partial charge < -0.3 is 4.74 Å². The molecule has 0 spiro atoms. The van der Waals surface area contributed by atoms with E-state index in [2.05, 4.69) is 20.9 Å². The van der Waals surface area contributed by atoms with Gasteiger partial charge in [0.1, 0.15) is 0 Å².